The average Bonchev–Trinajstić information content (AvgIpc) is 2.50. The van der Waals surface area contributed by atoms with Gasteiger partial charge in [-0.3, -0.25) is 9.59 Å². The van der Waals surface area contributed by atoms with Crippen molar-refractivity contribution in [2.75, 3.05) is 5.32 Å². The molecular weight excluding hydrogens is 314 g/mol. The van der Waals surface area contributed by atoms with Gasteiger partial charge in [-0.2, -0.15) is 0 Å². The topological polar surface area (TPSA) is 55.4 Å². The highest BCUT2D eigenvalue weighted by atomic mass is 35.5. The lowest BCUT2D eigenvalue weighted by atomic mass is 10.1. The Morgan fingerprint density at radius 1 is 1.09 bits per heavy atom. The van der Waals surface area contributed by atoms with E-state index in [4.69, 9.17) is 16.3 Å². The maximum atomic E-state index is 12.0. The Labute approximate surface area is 140 Å². The molecule has 4 nitrogen and oxygen atoms in total. The summed E-state index contributed by atoms with van der Waals surface area (Å²) in [4.78, 5) is 23.7. The number of halogens is 1. The maximum Gasteiger partial charge on any atom is 0.315 e. The lowest BCUT2D eigenvalue weighted by Crippen LogP contribution is -2.19. The van der Waals surface area contributed by atoms with E-state index in [0.717, 1.165) is 16.7 Å². The number of carbonyl (C=O) groups excluding carboxylic acids is 2. The molecule has 2 rings (SSSR count). The van der Waals surface area contributed by atoms with Crippen molar-refractivity contribution >= 4 is 29.2 Å². The lowest BCUT2D eigenvalue weighted by Gasteiger charge is -2.12. The quantitative estimate of drug-likeness (QED) is 0.664. The summed E-state index contributed by atoms with van der Waals surface area (Å²) in [6, 6.07) is 12.8. The molecule has 0 atom stereocenters. The molecule has 0 radical (unpaired) electrons. The Balaban J connectivity index is 1.88. The van der Waals surface area contributed by atoms with Crippen LogP contribution in [0.4, 0.5) is 5.69 Å². The normalized spacial score (nSPS) is 10.2. The molecule has 5 heteroatoms. The van der Waals surface area contributed by atoms with Gasteiger partial charge in [-0.15, -0.1) is 0 Å². The van der Waals surface area contributed by atoms with Crippen LogP contribution in [0.3, 0.4) is 0 Å². The average molecular weight is 332 g/mol. The van der Waals surface area contributed by atoms with Crippen LogP contribution in [0.5, 0.6) is 0 Å². The Bertz CT molecular complexity index is 690. The second-order valence-corrected chi connectivity index (χ2v) is 5.72. The summed E-state index contributed by atoms with van der Waals surface area (Å²) in [6.45, 7) is 3.86. The summed E-state index contributed by atoms with van der Waals surface area (Å²) in [6.07, 6.45) is -0.325. The number of nitrogens with one attached hydrogen (secondary N) is 1. The van der Waals surface area contributed by atoms with E-state index in [-0.39, 0.29) is 13.0 Å². The Morgan fingerprint density at radius 3 is 2.30 bits per heavy atom. The van der Waals surface area contributed by atoms with Gasteiger partial charge in [0.15, 0.2) is 0 Å². The molecule has 0 unspecified atom stereocenters. The second kappa shape index (κ2) is 7.79. The zero-order chi connectivity index (χ0) is 16.8. The van der Waals surface area contributed by atoms with Gasteiger partial charge in [0.1, 0.15) is 13.0 Å². The first-order valence-corrected chi connectivity index (χ1v) is 7.59. The molecule has 1 N–H and O–H groups in total. The first-order valence-electron chi connectivity index (χ1n) is 7.22. The molecule has 2 aromatic carbocycles. The highest BCUT2D eigenvalue weighted by molar-refractivity contribution is 6.30. The first kappa shape index (κ1) is 17.0. The second-order valence-electron chi connectivity index (χ2n) is 5.29. The standard InChI is InChI=1S/C18H18ClNO3/c1-12-8-15(19)9-13(2)18(12)20-16(21)10-17(22)23-11-14-6-4-3-5-7-14/h3-9H,10-11H2,1-2H3,(H,20,21). The van der Waals surface area contributed by atoms with E-state index in [1.165, 1.54) is 0 Å². The van der Waals surface area contributed by atoms with Gasteiger partial charge >= 0.3 is 5.97 Å². The van der Waals surface area contributed by atoms with Gasteiger partial charge in [-0.1, -0.05) is 41.9 Å². The number of anilines is 1. The van der Waals surface area contributed by atoms with E-state index in [9.17, 15) is 9.59 Å². The van der Waals surface area contributed by atoms with Crippen molar-refractivity contribution in [1.82, 2.24) is 0 Å². The molecule has 0 heterocycles. The maximum absolute atomic E-state index is 12.0. The number of hydrogen-bond donors (Lipinski definition) is 1. The molecule has 0 fully saturated rings. The van der Waals surface area contributed by atoms with Crippen molar-refractivity contribution in [3.63, 3.8) is 0 Å². The number of aryl methyl sites for hydroxylation is 2. The van der Waals surface area contributed by atoms with Gasteiger partial charge in [0.2, 0.25) is 5.91 Å². The van der Waals surface area contributed by atoms with Crippen LogP contribution in [-0.2, 0) is 20.9 Å². The molecule has 23 heavy (non-hydrogen) atoms. The summed E-state index contributed by atoms with van der Waals surface area (Å²) in [5.74, 6) is -0.966. The number of esters is 1. The molecule has 0 aromatic heterocycles. The van der Waals surface area contributed by atoms with Crippen molar-refractivity contribution < 1.29 is 14.3 Å². The van der Waals surface area contributed by atoms with Gasteiger partial charge in [-0.05, 0) is 42.7 Å². The van der Waals surface area contributed by atoms with Crippen molar-refractivity contribution in [3.8, 4) is 0 Å². The summed E-state index contributed by atoms with van der Waals surface area (Å²) >= 11 is 5.96. The molecule has 0 aliphatic carbocycles. The first-order chi connectivity index (χ1) is 11.0. The number of benzene rings is 2. The molecule has 0 bridgehead atoms. The van der Waals surface area contributed by atoms with Crippen LogP contribution in [0, 0.1) is 13.8 Å². The molecule has 0 aliphatic heterocycles. The van der Waals surface area contributed by atoms with Crippen LogP contribution >= 0.6 is 11.6 Å². The van der Waals surface area contributed by atoms with Gasteiger partial charge in [-0.25, -0.2) is 0 Å². The molecule has 1 amide bonds. The van der Waals surface area contributed by atoms with Crippen LogP contribution in [0.2, 0.25) is 5.02 Å². The molecular formula is C18H18ClNO3. The van der Waals surface area contributed by atoms with E-state index in [2.05, 4.69) is 5.32 Å². The number of amides is 1. The van der Waals surface area contributed by atoms with Crippen LogP contribution in [0.25, 0.3) is 0 Å². The van der Waals surface area contributed by atoms with Crippen LogP contribution in [0.15, 0.2) is 42.5 Å². The minimum Gasteiger partial charge on any atom is -0.460 e. The van der Waals surface area contributed by atoms with Crippen LogP contribution < -0.4 is 5.32 Å². The van der Waals surface area contributed by atoms with E-state index >= 15 is 0 Å². The lowest BCUT2D eigenvalue weighted by molar-refractivity contribution is -0.146. The Hall–Kier alpha value is -2.33. The minimum absolute atomic E-state index is 0.159. The van der Waals surface area contributed by atoms with E-state index < -0.39 is 11.9 Å². The van der Waals surface area contributed by atoms with Crippen molar-refractivity contribution in [3.05, 3.63) is 64.2 Å². The largest absolute Gasteiger partial charge is 0.460 e. The fraction of sp³-hybridized carbons (Fsp3) is 0.222. The van der Waals surface area contributed by atoms with Crippen molar-refractivity contribution in [2.24, 2.45) is 0 Å². The summed E-state index contributed by atoms with van der Waals surface area (Å²) in [5.41, 5.74) is 3.25. The highest BCUT2D eigenvalue weighted by Crippen LogP contribution is 2.24. The number of carbonyl (C=O) groups is 2. The minimum atomic E-state index is -0.560. The third-order valence-electron chi connectivity index (χ3n) is 3.31. The van der Waals surface area contributed by atoms with Gasteiger partial charge in [0, 0.05) is 10.7 Å². The molecule has 120 valence electrons. The van der Waals surface area contributed by atoms with Crippen molar-refractivity contribution in [1.29, 1.82) is 0 Å². The van der Waals surface area contributed by atoms with Crippen LogP contribution in [0.1, 0.15) is 23.1 Å². The number of hydrogen-bond acceptors (Lipinski definition) is 3. The van der Waals surface area contributed by atoms with E-state index in [1.54, 1.807) is 12.1 Å². The van der Waals surface area contributed by atoms with Crippen LogP contribution in [-0.4, -0.2) is 11.9 Å². The highest BCUT2D eigenvalue weighted by Gasteiger charge is 2.13. The van der Waals surface area contributed by atoms with Gasteiger partial charge < -0.3 is 10.1 Å². The fourth-order valence-electron chi connectivity index (χ4n) is 2.21. The molecule has 0 saturated carbocycles. The molecule has 0 spiro atoms. The Morgan fingerprint density at radius 2 is 1.70 bits per heavy atom. The van der Waals surface area contributed by atoms with Gasteiger partial charge in [0.05, 0.1) is 0 Å². The molecule has 0 saturated heterocycles. The van der Waals surface area contributed by atoms with Gasteiger partial charge in [0.25, 0.3) is 0 Å². The predicted octanol–water partition coefficient (Wildman–Crippen LogP) is 4.03. The Kier molecular flexibility index (Phi) is 5.77. The zero-order valence-corrected chi connectivity index (χ0v) is 13.8. The van der Waals surface area contributed by atoms with E-state index in [0.29, 0.717) is 10.7 Å². The fourth-order valence-corrected chi connectivity index (χ4v) is 2.54. The summed E-state index contributed by atoms with van der Waals surface area (Å²) in [7, 11) is 0. The number of ether oxygens (including phenoxy) is 1. The van der Waals surface area contributed by atoms with E-state index in [1.807, 2.05) is 44.2 Å². The van der Waals surface area contributed by atoms with Crippen molar-refractivity contribution in [2.45, 2.75) is 26.9 Å². The molecule has 0 aliphatic rings. The zero-order valence-electron chi connectivity index (χ0n) is 13.1. The smallest absolute Gasteiger partial charge is 0.315 e. The predicted molar refractivity (Wildman–Crippen MR) is 90.4 cm³/mol. The molecule has 2 aromatic rings. The SMILES string of the molecule is Cc1cc(Cl)cc(C)c1NC(=O)CC(=O)OCc1ccccc1. The monoisotopic (exact) mass is 331 g/mol. The summed E-state index contributed by atoms with van der Waals surface area (Å²) < 4.78 is 5.10. The third kappa shape index (κ3) is 5.11. The number of rotatable bonds is 5. The summed E-state index contributed by atoms with van der Waals surface area (Å²) in [5, 5.41) is 3.35. The third-order valence-corrected chi connectivity index (χ3v) is 3.53.